The highest BCUT2D eigenvalue weighted by Crippen LogP contribution is 2.22. The molecule has 1 saturated heterocycles. The molecule has 2 rings (SSSR count). The maximum atomic E-state index is 6.20. The lowest BCUT2D eigenvalue weighted by atomic mass is 10.1. The van der Waals surface area contributed by atoms with Crippen molar-refractivity contribution in [2.24, 2.45) is 0 Å². The molecule has 100 valence electrons. The minimum Gasteiger partial charge on any atom is -0.304 e. The molecule has 0 aromatic heterocycles. The Labute approximate surface area is 123 Å². The average molecular weight is 332 g/mol. The first-order valence-corrected chi connectivity index (χ1v) is 7.67. The van der Waals surface area contributed by atoms with Crippen LogP contribution in [0, 0.1) is 0 Å². The summed E-state index contributed by atoms with van der Waals surface area (Å²) >= 11 is 9.69. The quantitative estimate of drug-likeness (QED) is 0.835. The monoisotopic (exact) mass is 330 g/mol. The molecule has 1 aromatic carbocycles. The standard InChI is InChI=1S/C14H20BrClN2/c1-17-7-9-18(10-8-17)6-2-3-12-11-13(15)4-5-14(12)16/h4-5,11H,2-3,6-10H2,1H3. The predicted molar refractivity (Wildman–Crippen MR) is 81.4 cm³/mol. The Morgan fingerprint density at radius 3 is 2.67 bits per heavy atom. The fourth-order valence-electron chi connectivity index (χ4n) is 2.30. The van der Waals surface area contributed by atoms with E-state index >= 15 is 0 Å². The third kappa shape index (κ3) is 4.23. The molecule has 0 radical (unpaired) electrons. The van der Waals surface area contributed by atoms with Crippen LogP contribution in [0.2, 0.25) is 5.02 Å². The molecule has 0 bridgehead atoms. The molecule has 1 fully saturated rings. The molecule has 1 aromatic rings. The van der Waals surface area contributed by atoms with Gasteiger partial charge in [-0.15, -0.1) is 0 Å². The summed E-state index contributed by atoms with van der Waals surface area (Å²) in [6, 6.07) is 6.09. The summed E-state index contributed by atoms with van der Waals surface area (Å²) in [5.74, 6) is 0. The second kappa shape index (κ2) is 6.90. The fraction of sp³-hybridized carbons (Fsp3) is 0.571. The lowest BCUT2D eigenvalue weighted by Gasteiger charge is -2.32. The van der Waals surface area contributed by atoms with Crippen LogP contribution < -0.4 is 0 Å². The normalized spacial score (nSPS) is 18.2. The van der Waals surface area contributed by atoms with Crippen molar-refractivity contribution < 1.29 is 0 Å². The van der Waals surface area contributed by atoms with E-state index in [1.165, 1.54) is 44.7 Å². The second-order valence-electron chi connectivity index (χ2n) is 4.98. The number of benzene rings is 1. The van der Waals surface area contributed by atoms with Crippen molar-refractivity contribution in [2.75, 3.05) is 39.8 Å². The SMILES string of the molecule is CN1CCN(CCCc2cc(Br)ccc2Cl)CC1. The van der Waals surface area contributed by atoms with Crippen molar-refractivity contribution >= 4 is 27.5 Å². The number of hydrogen-bond donors (Lipinski definition) is 0. The Bertz CT molecular complexity index is 389. The van der Waals surface area contributed by atoms with Gasteiger partial charge in [-0.05, 0) is 50.2 Å². The van der Waals surface area contributed by atoms with Gasteiger partial charge in [0.15, 0.2) is 0 Å². The van der Waals surface area contributed by atoms with Crippen molar-refractivity contribution in [1.29, 1.82) is 0 Å². The Kier molecular flexibility index (Phi) is 5.49. The number of nitrogens with zero attached hydrogens (tertiary/aromatic N) is 2. The summed E-state index contributed by atoms with van der Waals surface area (Å²) in [6.07, 6.45) is 2.24. The first kappa shape index (κ1) is 14.3. The van der Waals surface area contributed by atoms with E-state index in [4.69, 9.17) is 11.6 Å². The Morgan fingerprint density at radius 2 is 1.94 bits per heavy atom. The van der Waals surface area contributed by atoms with Crippen LogP contribution in [0.15, 0.2) is 22.7 Å². The molecular weight excluding hydrogens is 312 g/mol. The van der Waals surface area contributed by atoms with E-state index in [0.29, 0.717) is 0 Å². The Morgan fingerprint density at radius 1 is 1.22 bits per heavy atom. The third-order valence-corrected chi connectivity index (χ3v) is 4.39. The van der Waals surface area contributed by atoms with Gasteiger partial charge in [0, 0.05) is 35.7 Å². The van der Waals surface area contributed by atoms with Gasteiger partial charge in [-0.3, -0.25) is 0 Å². The van der Waals surface area contributed by atoms with E-state index in [1.807, 2.05) is 12.1 Å². The summed E-state index contributed by atoms with van der Waals surface area (Å²) < 4.78 is 1.11. The number of likely N-dealkylation sites (N-methyl/N-ethyl adjacent to an activating group) is 1. The van der Waals surface area contributed by atoms with E-state index in [1.54, 1.807) is 0 Å². The van der Waals surface area contributed by atoms with E-state index < -0.39 is 0 Å². The number of halogens is 2. The topological polar surface area (TPSA) is 6.48 Å². The zero-order chi connectivity index (χ0) is 13.0. The van der Waals surface area contributed by atoms with Gasteiger partial charge in [-0.2, -0.15) is 0 Å². The molecule has 1 heterocycles. The number of aryl methyl sites for hydroxylation is 1. The van der Waals surface area contributed by atoms with Crippen LogP contribution >= 0.6 is 27.5 Å². The van der Waals surface area contributed by atoms with Gasteiger partial charge in [0.2, 0.25) is 0 Å². The van der Waals surface area contributed by atoms with E-state index in [-0.39, 0.29) is 0 Å². The van der Waals surface area contributed by atoms with Crippen LogP contribution in [-0.2, 0) is 6.42 Å². The molecule has 0 spiro atoms. The molecule has 0 N–H and O–H groups in total. The molecule has 1 aliphatic heterocycles. The number of hydrogen-bond acceptors (Lipinski definition) is 2. The van der Waals surface area contributed by atoms with Crippen molar-refractivity contribution in [3.63, 3.8) is 0 Å². The van der Waals surface area contributed by atoms with Crippen LogP contribution in [0.1, 0.15) is 12.0 Å². The largest absolute Gasteiger partial charge is 0.304 e. The number of piperazine rings is 1. The Balaban J connectivity index is 1.76. The predicted octanol–water partition coefficient (Wildman–Crippen LogP) is 3.28. The van der Waals surface area contributed by atoms with E-state index in [0.717, 1.165) is 15.9 Å². The van der Waals surface area contributed by atoms with E-state index in [2.05, 4.69) is 38.8 Å². The van der Waals surface area contributed by atoms with Crippen molar-refractivity contribution in [3.05, 3.63) is 33.3 Å². The molecule has 0 amide bonds. The molecule has 1 aliphatic rings. The molecular formula is C14H20BrClN2. The first-order chi connectivity index (χ1) is 8.65. The van der Waals surface area contributed by atoms with Crippen molar-refractivity contribution in [3.8, 4) is 0 Å². The maximum Gasteiger partial charge on any atom is 0.0438 e. The molecule has 0 unspecified atom stereocenters. The summed E-state index contributed by atoms with van der Waals surface area (Å²) in [5.41, 5.74) is 1.25. The lowest BCUT2D eigenvalue weighted by Crippen LogP contribution is -2.44. The minimum absolute atomic E-state index is 0.886. The van der Waals surface area contributed by atoms with Gasteiger partial charge < -0.3 is 9.80 Å². The Hall–Kier alpha value is -0.0900. The summed E-state index contributed by atoms with van der Waals surface area (Å²) in [6.45, 7) is 5.96. The molecule has 4 heteroatoms. The van der Waals surface area contributed by atoms with Crippen LogP contribution in [-0.4, -0.2) is 49.6 Å². The molecule has 0 atom stereocenters. The van der Waals surface area contributed by atoms with Crippen molar-refractivity contribution in [1.82, 2.24) is 9.80 Å². The van der Waals surface area contributed by atoms with Gasteiger partial charge in [-0.1, -0.05) is 27.5 Å². The maximum absolute atomic E-state index is 6.20. The molecule has 0 aliphatic carbocycles. The van der Waals surface area contributed by atoms with Gasteiger partial charge >= 0.3 is 0 Å². The molecule has 18 heavy (non-hydrogen) atoms. The average Bonchev–Trinajstić information content (AvgIpc) is 2.36. The van der Waals surface area contributed by atoms with Crippen molar-refractivity contribution in [2.45, 2.75) is 12.8 Å². The first-order valence-electron chi connectivity index (χ1n) is 6.50. The highest BCUT2D eigenvalue weighted by molar-refractivity contribution is 9.10. The fourth-order valence-corrected chi connectivity index (χ4v) is 2.92. The van der Waals surface area contributed by atoms with Crippen LogP contribution in [0.4, 0.5) is 0 Å². The smallest absolute Gasteiger partial charge is 0.0438 e. The minimum atomic E-state index is 0.886. The summed E-state index contributed by atoms with van der Waals surface area (Å²) in [7, 11) is 2.19. The van der Waals surface area contributed by atoms with Crippen LogP contribution in [0.5, 0.6) is 0 Å². The van der Waals surface area contributed by atoms with Gasteiger partial charge in [0.05, 0.1) is 0 Å². The van der Waals surface area contributed by atoms with Gasteiger partial charge in [0.25, 0.3) is 0 Å². The zero-order valence-electron chi connectivity index (χ0n) is 10.8. The molecule has 2 nitrogen and oxygen atoms in total. The van der Waals surface area contributed by atoms with Crippen LogP contribution in [0.25, 0.3) is 0 Å². The second-order valence-corrected chi connectivity index (χ2v) is 6.31. The summed E-state index contributed by atoms with van der Waals surface area (Å²) in [5, 5.41) is 0.886. The zero-order valence-corrected chi connectivity index (χ0v) is 13.2. The number of rotatable bonds is 4. The summed E-state index contributed by atoms with van der Waals surface area (Å²) in [4.78, 5) is 4.94. The molecule has 0 saturated carbocycles. The van der Waals surface area contributed by atoms with Gasteiger partial charge in [0.1, 0.15) is 0 Å². The third-order valence-electron chi connectivity index (χ3n) is 3.52. The highest BCUT2D eigenvalue weighted by Gasteiger charge is 2.13. The van der Waals surface area contributed by atoms with Gasteiger partial charge in [-0.25, -0.2) is 0 Å². The highest BCUT2D eigenvalue weighted by atomic mass is 79.9. The van der Waals surface area contributed by atoms with Crippen LogP contribution in [0.3, 0.4) is 0 Å². The lowest BCUT2D eigenvalue weighted by molar-refractivity contribution is 0.153. The van der Waals surface area contributed by atoms with E-state index in [9.17, 15) is 0 Å².